The Balaban J connectivity index is 1.66. The summed E-state index contributed by atoms with van der Waals surface area (Å²) < 4.78 is 5.42. The fourth-order valence-corrected chi connectivity index (χ4v) is 4.35. The van der Waals surface area contributed by atoms with E-state index < -0.39 is 0 Å². The smallest absolute Gasteiger partial charge is 0.219 e. The standard InChI is InChI=1S/C21H30N2O2/c1-17(24)23-15-7-3-4-11-19-20(23)13-16-22(19)14-8-10-18-9-5-6-12-21(18)25-2/h5-6,8-10,12,19-20H,3-4,7,11,13-16H2,1-2H3/b10-8+/t19-,20+/m1/s1. The van der Waals surface area contributed by atoms with Gasteiger partial charge >= 0.3 is 0 Å². The number of amides is 1. The lowest BCUT2D eigenvalue weighted by molar-refractivity contribution is -0.132. The van der Waals surface area contributed by atoms with E-state index in [4.69, 9.17) is 4.74 Å². The second-order valence-corrected chi connectivity index (χ2v) is 7.12. The number of likely N-dealkylation sites (tertiary alicyclic amines) is 2. The number of fused-ring (bicyclic) bond motifs is 1. The molecule has 3 rings (SSSR count). The number of benzene rings is 1. The third kappa shape index (κ3) is 4.24. The summed E-state index contributed by atoms with van der Waals surface area (Å²) in [7, 11) is 1.71. The molecule has 0 saturated carbocycles. The predicted molar refractivity (Wildman–Crippen MR) is 102 cm³/mol. The normalized spacial score (nSPS) is 24.8. The number of hydrogen-bond donors (Lipinski definition) is 0. The quantitative estimate of drug-likeness (QED) is 0.838. The van der Waals surface area contributed by atoms with Crippen LogP contribution in [0.5, 0.6) is 5.75 Å². The van der Waals surface area contributed by atoms with Gasteiger partial charge in [-0.3, -0.25) is 9.69 Å². The number of rotatable bonds is 4. The summed E-state index contributed by atoms with van der Waals surface area (Å²) in [6, 6.07) is 9.00. The van der Waals surface area contributed by atoms with E-state index in [2.05, 4.69) is 28.0 Å². The molecule has 136 valence electrons. The first-order chi connectivity index (χ1) is 12.2. The number of nitrogens with zero attached hydrogens (tertiary/aromatic N) is 2. The molecule has 2 heterocycles. The summed E-state index contributed by atoms with van der Waals surface area (Å²) in [6.07, 6.45) is 10.4. The molecule has 4 nitrogen and oxygen atoms in total. The molecule has 2 aliphatic heterocycles. The molecule has 25 heavy (non-hydrogen) atoms. The van der Waals surface area contributed by atoms with E-state index >= 15 is 0 Å². The first-order valence-electron chi connectivity index (χ1n) is 9.51. The number of carbonyl (C=O) groups is 1. The molecule has 0 spiro atoms. The van der Waals surface area contributed by atoms with Gasteiger partial charge in [-0.25, -0.2) is 0 Å². The van der Waals surface area contributed by atoms with Crippen LogP contribution in [0.1, 0.15) is 44.6 Å². The first-order valence-corrected chi connectivity index (χ1v) is 9.51. The minimum atomic E-state index is 0.239. The molecule has 1 aromatic carbocycles. The molecule has 1 aromatic rings. The minimum Gasteiger partial charge on any atom is -0.496 e. The van der Waals surface area contributed by atoms with Crippen molar-refractivity contribution in [3.63, 3.8) is 0 Å². The Hall–Kier alpha value is -1.81. The van der Waals surface area contributed by atoms with Crippen LogP contribution in [0.4, 0.5) is 0 Å². The maximum absolute atomic E-state index is 12.1. The number of para-hydroxylation sites is 1. The van der Waals surface area contributed by atoms with E-state index in [1.165, 1.54) is 19.3 Å². The summed E-state index contributed by atoms with van der Waals surface area (Å²) in [5, 5.41) is 0. The van der Waals surface area contributed by atoms with Crippen LogP contribution < -0.4 is 4.74 Å². The van der Waals surface area contributed by atoms with Gasteiger partial charge in [-0.15, -0.1) is 0 Å². The molecule has 1 amide bonds. The number of methoxy groups -OCH3 is 1. The van der Waals surface area contributed by atoms with Crippen molar-refractivity contribution in [3.05, 3.63) is 35.9 Å². The third-order valence-corrected chi connectivity index (χ3v) is 5.61. The zero-order valence-electron chi connectivity index (χ0n) is 15.5. The van der Waals surface area contributed by atoms with E-state index in [-0.39, 0.29) is 5.91 Å². The van der Waals surface area contributed by atoms with Crippen LogP contribution in [0.3, 0.4) is 0 Å². The van der Waals surface area contributed by atoms with Gasteiger partial charge in [-0.2, -0.15) is 0 Å². The van der Waals surface area contributed by atoms with Gasteiger partial charge in [0.15, 0.2) is 0 Å². The highest BCUT2D eigenvalue weighted by molar-refractivity contribution is 5.73. The molecular weight excluding hydrogens is 312 g/mol. The molecule has 0 aromatic heterocycles. The van der Waals surface area contributed by atoms with E-state index in [1.54, 1.807) is 14.0 Å². The number of carbonyl (C=O) groups excluding carboxylic acids is 1. The Bertz CT molecular complexity index is 614. The van der Waals surface area contributed by atoms with E-state index in [0.29, 0.717) is 12.1 Å². The monoisotopic (exact) mass is 342 g/mol. The van der Waals surface area contributed by atoms with E-state index in [0.717, 1.165) is 43.8 Å². The Labute approximate surface area is 151 Å². The van der Waals surface area contributed by atoms with Gasteiger partial charge in [0.1, 0.15) is 5.75 Å². The maximum atomic E-state index is 12.1. The second-order valence-electron chi connectivity index (χ2n) is 7.12. The summed E-state index contributed by atoms with van der Waals surface area (Å²) in [5.74, 6) is 1.15. The summed E-state index contributed by atoms with van der Waals surface area (Å²) in [4.78, 5) is 16.7. The van der Waals surface area contributed by atoms with Gasteiger partial charge in [0.05, 0.1) is 7.11 Å². The lowest BCUT2D eigenvalue weighted by Crippen LogP contribution is -2.48. The molecule has 0 N–H and O–H groups in total. The zero-order valence-corrected chi connectivity index (χ0v) is 15.5. The van der Waals surface area contributed by atoms with E-state index in [9.17, 15) is 4.79 Å². The third-order valence-electron chi connectivity index (χ3n) is 5.61. The van der Waals surface area contributed by atoms with Gasteiger partial charge < -0.3 is 9.64 Å². The first kappa shape index (κ1) is 18.0. The zero-order chi connectivity index (χ0) is 17.6. The van der Waals surface area contributed by atoms with Crippen molar-refractivity contribution in [2.24, 2.45) is 0 Å². The average Bonchev–Trinajstić information content (AvgIpc) is 2.97. The van der Waals surface area contributed by atoms with Crippen LogP contribution >= 0.6 is 0 Å². The van der Waals surface area contributed by atoms with Crippen molar-refractivity contribution in [2.45, 2.75) is 51.1 Å². The Morgan fingerprint density at radius 2 is 2.00 bits per heavy atom. The highest BCUT2D eigenvalue weighted by Crippen LogP contribution is 2.29. The fourth-order valence-electron chi connectivity index (χ4n) is 4.35. The molecule has 2 saturated heterocycles. The number of ether oxygens (including phenoxy) is 1. The predicted octanol–water partition coefficient (Wildman–Crippen LogP) is 3.57. The summed E-state index contributed by atoms with van der Waals surface area (Å²) in [5.41, 5.74) is 1.11. The summed E-state index contributed by atoms with van der Waals surface area (Å²) in [6.45, 7) is 4.67. The fraction of sp³-hybridized carbons (Fsp3) is 0.571. The van der Waals surface area contributed by atoms with Crippen LogP contribution in [0.25, 0.3) is 6.08 Å². The van der Waals surface area contributed by atoms with Crippen LogP contribution in [0.2, 0.25) is 0 Å². The van der Waals surface area contributed by atoms with Gasteiger partial charge in [-0.1, -0.05) is 43.2 Å². The second kappa shape index (κ2) is 8.52. The maximum Gasteiger partial charge on any atom is 0.219 e. The Kier molecular flexibility index (Phi) is 6.14. The lowest BCUT2D eigenvalue weighted by atomic mass is 9.97. The summed E-state index contributed by atoms with van der Waals surface area (Å²) >= 11 is 0. The topological polar surface area (TPSA) is 32.8 Å². The van der Waals surface area contributed by atoms with Crippen molar-refractivity contribution < 1.29 is 9.53 Å². The van der Waals surface area contributed by atoms with Gasteiger partial charge in [-0.05, 0) is 25.3 Å². The molecule has 0 aliphatic carbocycles. The largest absolute Gasteiger partial charge is 0.496 e. The van der Waals surface area contributed by atoms with Crippen LogP contribution in [-0.2, 0) is 4.79 Å². The minimum absolute atomic E-state index is 0.239. The molecule has 2 atom stereocenters. The van der Waals surface area contributed by atoms with Gasteiger partial charge in [0.2, 0.25) is 5.91 Å². The van der Waals surface area contributed by atoms with E-state index in [1.807, 2.05) is 18.2 Å². The molecule has 2 aliphatic rings. The van der Waals surface area contributed by atoms with Crippen LogP contribution in [0.15, 0.2) is 30.3 Å². The molecule has 0 radical (unpaired) electrons. The van der Waals surface area contributed by atoms with Crippen LogP contribution in [0, 0.1) is 0 Å². The van der Waals surface area contributed by atoms with Crippen LogP contribution in [-0.4, -0.2) is 54.5 Å². The molecular formula is C21H30N2O2. The SMILES string of the molecule is COc1ccccc1/C=C/CN1CC[C@H]2[C@H]1CCCCCN2C(C)=O. The van der Waals surface area contributed by atoms with Crippen molar-refractivity contribution in [2.75, 3.05) is 26.7 Å². The molecule has 0 unspecified atom stereocenters. The number of hydrogen-bond acceptors (Lipinski definition) is 3. The highest BCUT2D eigenvalue weighted by atomic mass is 16.5. The average molecular weight is 342 g/mol. The Morgan fingerprint density at radius 1 is 1.16 bits per heavy atom. The lowest BCUT2D eigenvalue weighted by Gasteiger charge is -2.36. The van der Waals surface area contributed by atoms with Crippen molar-refractivity contribution in [1.29, 1.82) is 0 Å². The highest BCUT2D eigenvalue weighted by Gasteiger charge is 2.38. The van der Waals surface area contributed by atoms with Crippen molar-refractivity contribution in [3.8, 4) is 5.75 Å². The van der Waals surface area contributed by atoms with Gasteiger partial charge in [0, 0.05) is 44.2 Å². The van der Waals surface area contributed by atoms with Crippen molar-refractivity contribution in [1.82, 2.24) is 9.80 Å². The van der Waals surface area contributed by atoms with Gasteiger partial charge in [0.25, 0.3) is 0 Å². The molecule has 4 heteroatoms. The molecule has 0 bridgehead atoms. The molecule has 2 fully saturated rings. The Morgan fingerprint density at radius 3 is 2.80 bits per heavy atom. The van der Waals surface area contributed by atoms with Crippen molar-refractivity contribution >= 4 is 12.0 Å².